The molecule has 0 unspecified atom stereocenters. The Bertz CT molecular complexity index is 836. The fraction of sp³-hybridized carbons (Fsp3) is 0.571. The van der Waals surface area contributed by atoms with Crippen molar-refractivity contribution in [2.45, 2.75) is 44.1 Å². The molecule has 2 aromatic heterocycles. The number of nitrogens with zero attached hydrogens (tertiary/aromatic N) is 3. The Morgan fingerprint density at radius 3 is 2.70 bits per heavy atom. The lowest BCUT2D eigenvalue weighted by atomic mass is 10.4. The summed E-state index contributed by atoms with van der Waals surface area (Å²) in [5.41, 5.74) is -0.336. The number of aromatic nitrogens is 4. The van der Waals surface area contributed by atoms with E-state index < -0.39 is 16.5 Å². The summed E-state index contributed by atoms with van der Waals surface area (Å²) in [4.78, 5) is 42.4. The van der Waals surface area contributed by atoms with Gasteiger partial charge in [-0.15, -0.1) is 0 Å². The molecule has 0 aliphatic carbocycles. The van der Waals surface area contributed by atoms with Crippen LogP contribution < -0.4 is 11.2 Å². The van der Waals surface area contributed by atoms with E-state index in [9.17, 15) is 14.4 Å². The van der Waals surface area contributed by atoms with Crippen molar-refractivity contribution in [3.05, 3.63) is 20.8 Å². The zero-order valence-electron chi connectivity index (χ0n) is 13.6. The molecular formula is C14H20N4O4S. The summed E-state index contributed by atoms with van der Waals surface area (Å²) in [5, 5.41) is 0.0626. The minimum Gasteiger partial charge on any atom is -0.465 e. The third kappa shape index (κ3) is 3.34. The molecule has 0 bridgehead atoms. The second kappa shape index (κ2) is 7.03. The minimum atomic E-state index is -0.515. The van der Waals surface area contributed by atoms with Crippen LogP contribution in [0.1, 0.15) is 27.2 Å². The predicted molar refractivity (Wildman–Crippen MR) is 87.8 cm³/mol. The zero-order valence-corrected chi connectivity index (χ0v) is 14.4. The third-order valence-electron chi connectivity index (χ3n) is 3.32. The fourth-order valence-corrected chi connectivity index (χ4v) is 3.13. The molecule has 0 aliphatic rings. The first kappa shape index (κ1) is 17.3. The number of ether oxygens (including phenoxy) is 1. The van der Waals surface area contributed by atoms with Crippen LogP contribution in [0.25, 0.3) is 11.2 Å². The number of fused-ring (bicyclic) bond motifs is 1. The van der Waals surface area contributed by atoms with Gasteiger partial charge in [-0.3, -0.25) is 19.1 Å². The monoisotopic (exact) mass is 340 g/mol. The van der Waals surface area contributed by atoms with Gasteiger partial charge in [0.1, 0.15) is 5.25 Å². The molecule has 23 heavy (non-hydrogen) atoms. The molecule has 0 radical (unpaired) electrons. The average Bonchev–Trinajstić information content (AvgIpc) is 2.85. The highest BCUT2D eigenvalue weighted by molar-refractivity contribution is 8.00. The van der Waals surface area contributed by atoms with Crippen molar-refractivity contribution in [1.82, 2.24) is 19.1 Å². The molecule has 9 heteroatoms. The highest BCUT2D eigenvalue weighted by Gasteiger charge is 2.22. The molecule has 0 aliphatic heterocycles. The first-order valence-electron chi connectivity index (χ1n) is 7.43. The summed E-state index contributed by atoms with van der Waals surface area (Å²) in [6.07, 6.45) is 0.787. The summed E-state index contributed by atoms with van der Waals surface area (Å²) in [5.74, 6) is -0.338. The number of hydrogen-bond acceptors (Lipinski definition) is 6. The first-order chi connectivity index (χ1) is 10.9. The summed E-state index contributed by atoms with van der Waals surface area (Å²) in [6.45, 7) is 6.32. The molecule has 2 rings (SSSR count). The second-order valence-corrected chi connectivity index (χ2v) is 6.36. The largest absolute Gasteiger partial charge is 0.465 e. The fourth-order valence-electron chi connectivity index (χ4n) is 2.20. The lowest BCUT2D eigenvalue weighted by molar-refractivity contribution is -0.142. The van der Waals surface area contributed by atoms with Gasteiger partial charge in [-0.05, 0) is 20.3 Å². The summed E-state index contributed by atoms with van der Waals surface area (Å²) in [6, 6.07) is 0. The van der Waals surface area contributed by atoms with Crippen molar-refractivity contribution in [2.24, 2.45) is 7.05 Å². The lowest BCUT2D eigenvalue weighted by Crippen LogP contribution is -2.29. The highest BCUT2D eigenvalue weighted by Crippen LogP contribution is 2.26. The van der Waals surface area contributed by atoms with E-state index >= 15 is 0 Å². The van der Waals surface area contributed by atoms with Crippen LogP contribution in [0.4, 0.5) is 0 Å². The topological polar surface area (TPSA) is 99.0 Å². The van der Waals surface area contributed by atoms with Crippen LogP contribution in [-0.2, 0) is 23.1 Å². The number of imidazole rings is 1. The normalized spacial score (nSPS) is 12.5. The summed E-state index contributed by atoms with van der Waals surface area (Å²) < 4.78 is 8.03. The second-order valence-electron chi connectivity index (χ2n) is 5.05. The van der Waals surface area contributed by atoms with E-state index in [-0.39, 0.29) is 5.97 Å². The smallest absolute Gasteiger partial charge is 0.329 e. The number of H-pyrrole nitrogens is 1. The third-order valence-corrected chi connectivity index (χ3v) is 4.39. The van der Waals surface area contributed by atoms with Crippen molar-refractivity contribution in [3.8, 4) is 0 Å². The van der Waals surface area contributed by atoms with Gasteiger partial charge in [-0.25, -0.2) is 9.78 Å². The molecule has 0 fully saturated rings. The van der Waals surface area contributed by atoms with E-state index in [1.807, 2.05) is 6.92 Å². The molecule has 0 amide bonds. The Labute approximate surface area is 136 Å². The predicted octanol–water partition coefficient (Wildman–Crippen LogP) is 0.877. The zero-order chi connectivity index (χ0) is 17.1. The number of nitrogens with one attached hydrogen (secondary N) is 1. The van der Waals surface area contributed by atoms with Gasteiger partial charge in [-0.1, -0.05) is 18.7 Å². The molecule has 0 saturated carbocycles. The van der Waals surface area contributed by atoms with Gasteiger partial charge in [0.2, 0.25) is 0 Å². The van der Waals surface area contributed by atoms with Crippen LogP contribution in [0, 0.1) is 0 Å². The molecule has 2 aromatic rings. The van der Waals surface area contributed by atoms with Crippen LogP contribution in [0.15, 0.2) is 14.7 Å². The van der Waals surface area contributed by atoms with Crippen LogP contribution in [-0.4, -0.2) is 36.9 Å². The van der Waals surface area contributed by atoms with Gasteiger partial charge >= 0.3 is 11.7 Å². The maximum absolute atomic E-state index is 12.2. The van der Waals surface area contributed by atoms with E-state index in [2.05, 4.69) is 9.97 Å². The van der Waals surface area contributed by atoms with E-state index in [1.165, 1.54) is 16.3 Å². The number of rotatable bonds is 6. The van der Waals surface area contributed by atoms with E-state index in [0.29, 0.717) is 29.5 Å². The molecule has 8 nitrogen and oxygen atoms in total. The molecule has 1 atom stereocenters. The number of thioether (sulfide) groups is 1. The standard InChI is InChI=1S/C14H20N4O4S/c1-5-7-18-9-10(17(4)13(21)16-11(9)19)15-14(18)23-8(3)12(20)22-6-2/h8H,5-7H2,1-4H3,(H,16,19,21)/t8-/m1/s1. The molecule has 126 valence electrons. The molecule has 2 heterocycles. The van der Waals surface area contributed by atoms with Crippen LogP contribution in [0.3, 0.4) is 0 Å². The Kier molecular flexibility index (Phi) is 5.30. The number of aryl methyl sites for hydroxylation is 2. The Morgan fingerprint density at radius 1 is 1.39 bits per heavy atom. The molecule has 0 saturated heterocycles. The Hall–Kier alpha value is -2.03. The molecule has 0 spiro atoms. The quantitative estimate of drug-likeness (QED) is 0.619. The number of aromatic amines is 1. The lowest BCUT2D eigenvalue weighted by Gasteiger charge is -2.11. The maximum atomic E-state index is 12.2. The number of hydrogen-bond donors (Lipinski definition) is 1. The summed E-state index contributed by atoms with van der Waals surface area (Å²) >= 11 is 1.22. The molecular weight excluding hydrogens is 320 g/mol. The van der Waals surface area contributed by atoms with Crippen LogP contribution in [0.5, 0.6) is 0 Å². The SMILES string of the molecule is CCCn1c(S[C@H](C)C(=O)OCC)nc2c1c(=O)[nH]c(=O)n2C. The molecule has 1 N–H and O–H groups in total. The first-order valence-corrected chi connectivity index (χ1v) is 8.31. The van der Waals surface area contributed by atoms with Gasteiger partial charge in [0.15, 0.2) is 16.3 Å². The van der Waals surface area contributed by atoms with Crippen molar-refractivity contribution in [2.75, 3.05) is 6.61 Å². The van der Waals surface area contributed by atoms with Gasteiger partial charge in [0.05, 0.1) is 6.61 Å². The van der Waals surface area contributed by atoms with Crippen molar-refractivity contribution >= 4 is 28.9 Å². The van der Waals surface area contributed by atoms with Crippen LogP contribution >= 0.6 is 11.8 Å². The number of carbonyl (C=O) groups excluding carboxylic acids is 1. The van der Waals surface area contributed by atoms with E-state index in [1.54, 1.807) is 25.5 Å². The molecule has 0 aromatic carbocycles. The average molecular weight is 340 g/mol. The number of esters is 1. The van der Waals surface area contributed by atoms with Gasteiger partial charge in [-0.2, -0.15) is 0 Å². The minimum absolute atomic E-state index is 0.309. The number of carbonyl (C=O) groups is 1. The van der Waals surface area contributed by atoms with Crippen LogP contribution in [0.2, 0.25) is 0 Å². The van der Waals surface area contributed by atoms with Crippen molar-refractivity contribution in [1.29, 1.82) is 0 Å². The van der Waals surface area contributed by atoms with Gasteiger partial charge in [0, 0.05) is 13.6 Å². The van der Waals surface area contributed by atoms with Crippen molar-refractivity contribution in [3.63, 3.8) is 0 Å². The highest BCUT2D eigenvalue weighted by atomic mass is 32.2. The maximum Gasteiger partial charge on any atom is 0.329 e. The van der Waals surface area contributed by atoms with E-state index in [4.69, 9.17) is 4.74 Å². The summed E-state index contributed by atoms with van der Waals surface area (Å²) in [7, 11) is 1.55. The van der Waals surface area contributed by atoms with Gasteiger partial charge in [0.25, 0.3) is 5.56 Å². The van der Waals surface area contributed by atoms with Gasteiger partial charge < -0.3 is 9.30 Å². The Morgan fingerprint density at radius 2 is 2.09 bits per heavy atom. The Balaban J connectivity index is 2.55. The van der Waals surface area contributed by atoms with E-state index in [0.717, 1.165) is 6.42 Å². The van der Waals surface area contributed by atoms with Crippen molar-refractivity contribution < 1.29 is 9.53 Å².